The summed E-state index contributed by atoms with van der Waals surface area (Å²) in [5, 5.41) is 2.78. The summed E-state index contributed by atoms with van der Waals surface area (Å²) in [6, 6.07) is 6.45. The first-order valence-corrected chi connectivity index (χ1v) is 11.0. The maximum atomic E-state index is 13.0. The van der Waals surface area contributed by atoms with Crippen molar-refractivity contribution in [2.24, 2.45) is 7.05 Å². The molecule has 9 heteroatoms. The van der Waals surface area contributed by atoms with Crippen LogP contribution in [0.15, 0.2) is 35.4 Å². The van der Waals surface area contributed by atoms with Crippen LogP contribution in [0.3, 0.4) is 0 Å². The molecule has 0 atom stereocenters. The number of hydrogen-bond acceptors (Lipinski definition) is 5. The fourth-order valence-corrected chi connectivity index (χ4v) is 5.03. The molecule has 1 fully saturated rings. The van der Waals surface area contributed by atoms with E-state index in [1.165, 1.54) is 35.4 Å². The summed E-state index contributed by atoms with van der Waals surface area (Å²) in [7, 11) is 1.09. The van der Waals surface area contributed by atoms with Gasteiger partial charge in [-0.25, -0.2) is 8.42 Å². The van der Waals surface area contributed by atoms with Crippen molar-refractivity contribution < 1.29 is 22.7 Å². The lowest BCUT2D eigenvalue weighted by Gasteiger charge is -2.18. The van der Waals surface area contributed by atoms with Crippen molar-refractivity contribution in [3.05, 3.63) is 36.2 Å². The van der Waals surface area contributed by atoms with Crippen LogP contribution in [0, 0.1) is 0 Å². The van der Waals surface area contributed by atoms with Gasteiger partial charge in [-0.3, -0.25) is 4.79 Å². The number of ether oxygens (including phenoxy) is 2. The Hall–Kier alpha value is -2.52. The Morgan fingerprint density at radius 3 is 2.28 bits per heavy atom. The number of hydrogen-bond donors (Lipinski definition) is 1. The molecule has 8 nitrogen and oxygen atoms in total. The molecule has 3 rings (SSSR count). The van der Waals surface area contributed by atoms with Gasteiger partial charge in [-0.2, -0.15) is 4.31 Å². The van der Waals surface area contributed by atoms with Gasteiger partial charge in [0.2, 0.25) is 10.0 Å². The molecule has 0 radical (unpaired) electrons. The summed E-state index contributed by atoms with van der Waals surface area (Å²) in [6.07, 6.45) is 5.29. The molecule has 2 aromatic rings. The number of methoxy groups -OCH3 is 2. The van der Waals surface area contributed by atoms with Crippen LogP contribution in [-0.4, -0.2) is 50.5 Å². The van der Waals surface area contributed by atoms with Crippen molar-refractivity contribution >= 4 is 21.6 Å². The average molecular weight is 422 g/mol. The van der Waals surface area contributed by atoms with Gasteiger partial charge in [0.1, 0.15) is 10.6 Å². The van der Waals surface area contributed by atoms with E-state index in [0.717, 1.165) is 25.7 Å². The highest BCUT2D eigenvalue weighted by Crippen LogP contribution is 2.30. The number of carbonyl (C=O) groups excluding carboxylic acids is 1. The van der Waals surface area contributed by atoms with Gasteiger partial charge in [-0.1, -0.05) is 12.8 Å². The molecule has 158 valence electrons. The molecule has 1 aliphatic heterocycles. The summed E-state index contributed by atoms with van der Waals surface area (Å²) in [5.74, 6) is 0.633. The first-order chi connectivity index (χ1) is 13.9. The fraction of sp³-hybridized carbons (Fsp3) is 0.450. The quantitative estimate of drug-likeness (QED) is 0.775. The maximum absolute atomic E-state index is 13.0. The molecule has 1 aromatic heterocycles. The smallest absolute Gasteiger partial charge is 0.272 e. The van der Waals surface area contributed by atoms with Gasteiger partial charge in [0.05, 0.1) is 14.2 Å². The Labute approximate surface area is 171 Å². The first kappa shape index (κ1) is 21.2. The van der Waals surface area contributed by atoms with Crippen molar-refractivity contribution in [2.45, 2.75) is 30.6 Å². The van der Waals surface area contributed by atoms with Crippen molar-refractivity contribution in [3.63, 3.8) is 0 Å². The predicted octanol–water partition coefficient (Wildman–Crippen LogP) is 2.86. The Balaban J connectivity index is 1.81. The second-order valence-corrected chi connectivity index (χ2v) is 8.95. The SMILES string of the molecule is COc1ccc(NC(=O)c2cc(S(=O)(=O)N3CCCCCC3)cn2C)cc1OC. The van der Waals surface area contributed by atoms with E-state index in [1.54, 1.807) is 25.2 Å². The molecule has 1 amide bonds. The number of amides is 1. The number of carbonyl (C=O) groups is 1. The number of anilines is 1. The van der Waals surface area contributed by atoms with E-state index in [0.29, 0.717) is 30.3 Å². The predicted molar refractivity (Wildman–Crippen MR) is 110 cm³/mol. The van der Waals surface area contributed by atoms with Crippen LogP contribution in [0.5, 0.6) is 11.5 Å². The third-order valence-electron chi connectivity index (χ3n) is 5.06. The van der Waals surface area contributed by atoms with Gasteiger partial charge in [0.25, 0.3) is 5.91 Å². The molecule has 1 N–H and O–H groups in total. The van der Waals surface area contributed by atoms with Crippen molar-refractivity contribution in [3.8, 4) is 11.5 Å². The minimum Gasteiger partial charge on any atom is -0.493 e. The Morgan fingerprint density at radius 1 is 1.00 bits per heavy atom. The standard InChI is InChI=1S/C20H27N3O5S/c1-22-14-16(29(25,26)23-10-6-4-5-7-11-23)13-17(22)20(24)21-15-8-9-18(27-2)19(12-15)28-3/h8-9,12-14H,4-7,10-11H2,1-3H3,(H,21,24). The summed E-state index contributed by atoms with van der Waals surface area (Å²) in [5.41, 5.74) is 0.777. The van der Waals surface area contributed by atoms with E-state index < -0.39 is 15.9 Å². The van der Waals surface area contributed by atoms with Crippen LogP contribution in [-0.2, 0) is 17.1 Å². The molecule has 29 heavy (non-hydrogen) atoms. The molecular weight excluding hydrogens is 394 g/mol. The molecule has 0 aliphatic carbocycles. The zero-order valence-corrected chi connectivity index (χ0v) is 17.8. The highest BCUT2D eigenvalue weighted by atomic mass is 32.2. The third-order valence-corrected chi connectivity index (χ3v) is 6.92. The highest BCUT2D eigenvalue weighted by molar-refractivity contribution is 7.89. The van der Waals surface area contributed by atoms with Crippen LogP contribution in [0.1, 0.15) is 36.2 Å². The lowest BCUT2D eigenvalue weighted by Crippen LogP contribution is -2.31. The van der Waals surface area contributed by atoms with Gasteiger partial charge in [-0.05, 0) is 31.0 Å². The largest absolute Gasteiger partial charge is 0.493 e. The normalized spacial score (nSPS) is 15.6. The van der Waals surface area contributed by atoms with E-state index in [-0.39, 0.29) is 10.6 Å². The van der Waals surface area contributed by atoms with Gasteiger partial charge < -0.3 is 19.4 Å². The summed E-state index contributed by atoms with van der Waals surface area (Å²) < 4.78 is 39.5. The zero-order chi connectivity index (χ0) is 21.0. The Kier molecular flexibility index (Phi) is 6.49. The lowest BCUT2D eigenvalue weighted by atomic mass is 10.2. The second-order valence-electron chi connectivity index (χ2n) is 7.01. The van der Waals surface area contributed by atoms with Gasteiger partial charge in [0.15, 0.2) is 11.5 Å². The minimum absolute atomic E-state index is 0.138. The number of nitrogens with one attached hydrogen (secondary N) is 1. The maximum Gasteiger partial charge on any atom is 0.272 e. The van der Waals surface area contributed by atoms with Crippen molar-refractivity contribution in [2.75, 3.05) is 32.6 Å². The summed E-state index contributed by atoms with van der Waals surface area (Å²) >= 11 is 0. The van der Waals surface area contributed by atoms with Gasteiger partial charge in [-0.15, -0.1) is 0 Å². The molecule has 0 saturated carbocycles. The zero-order valence-electron chi connectivity index (χ0n) is 17.0. The van der Waals surface area contributed by atoms with Crippen LogP contribution in [0.25, 0.3) is 0 Å². The number of rotatable bonds is 6. The molecule has 1 aromatic carbocycles. The number of aromatic nitrogens is 1. The van der Waals surface area contributed by atoms with E-state index >= 15 is 0 Å². The number of sulfonamides is 1. The second kappa shape index (κ2) is 8.87. The molecular formula is C20H27N3O5S. The molecule has 2 heterocycles. The molecule has 1 aliphatic rings. The fourth-order valence-electron chi connectivity index (χ4n) is 3.44. The van der Waals surface area contributed by atoms with E-state index in [4.69, 9.17) is 9.47 Å². The Bertz CT molecular complexity index is 976. The number of benzene rings is 1. The third kappa shape index (κ3) is 4.56. The Morgan fingerprint density at radius 2 is 1.66 bits per heavy atom. The monoisotopic (exact) mass is 421 g/mol. The van der Waals surface area contributed by atoms with Crippen molar-refractivity contribution in [1.82, 2.24) is 8.87 Å². The van der Waals surface area contributed by atoms with Crippen LogP contribution in [0.2, 0.25) is 0 Å². The van der Waals surface area contributed by atoms with Crippen LogP contribution >= 0.6 is 0 Å². The highest BCUT2D eigenvalue weighted by Gasteiger charge is 2.28. The first-order valence-electron chi connectivity index (χ1n) is 9.56. The number of nitrogens with zero attached hydrogens (tertiary/aromatic N) is 2. The van der Waals surface area contributed by atoms with Crippen LogP contribution in [0.4, 0.5) is 5.69 Å². The average Bonchev–Trinajstić information content (AvgIpc) is 2.92. The van der Waals surface area contributed by atoms with Crippen molar-refractivity contribution in [1.29, 1.82) is 0 Å². The topological polar surface area (TPSA) is 89.9 Å². The van der Waals surface area contributed by atoms with Crippen LogP contribution < -0.4 is 14.8 Å². The van der Waals surface area contributed by atoms with E-state index in [1.807, 2.05) is 0 Å². The minimum atomic E-state index is -3.62. The molecule has 0 spiro atoms. The molecule has 0 unspecified atom stereocenters. The lowest BCUT2D eigenvalue weighted by molar-refractivity contribution is 0.101. The summed E-state index contributed by atoms with van der Waals surface area (Å²) in [4.78, 5) is 12.9. The van der Waals surface area contributed by atoms with E-state index in [2.05, 4.69) is 5.32 Å². The summed E-state index contributed by atoms with van der Waals surface area (Å²) in [6.45, 7) is 1.04. The molecule has 0 bridgehead atoms. The number of aryl methyl sites for hydroxylation is 1. The van der Waals surface area contributed by atoms with Gasteiger partial charge in [0, 0.05) is 38.1 Å². The van der Waals surface area contributed by atoms with Gasteiger partial charge >= 0.3 is 0 Å². The molecule has 1 saturated heterocycles. The van der Waals surface area contributed by atoms with E-state index in [9.17, 15) is 13.2 Å².